The summed E-state index contributed by atoms with van der Waals surface area (Å²) in [4.78, 5) is 13.5. The van der Waals surface area contributed by atoms with Crippen molar-refractivity contribution in [1.82, 2.24) is 0 Å². The minimum Gasteiger partial charge on any atom is -0.289 e. The summed E-state index contributed by atoms with van der Waals surface area (Å²) in [6.45, 7) is 0. The molecule has 0 N–H and O–H groups in total. The third-order valence-electron chi connectivity index (χ3n) is 5.78. The Bertz CT molecular complexity index is 811. The molecule has 4 rings (SSSR count). The molecule has 1 nitrogen and oxygen atoms in total. The minimum atomic E-state index is -0.0362. The fourth-order valence-corrected chi connectivity index (χ4v) is 4.83. The van der Waals surface area contributed by atoms with Gasteiger partial charge in [-0.1, -0.05) is 59.2 Å². The second-order valence-corrected chi connectivity index (χ2v) is 8.80. The number of hydrogen-bond acceptors (Lipinski definition) is 1. The molecule has 2 aromatic rings. The number of halogens is 4. The highest BCUT2D eigenvalue weighted by molar-refractivity contribution is 6.44. The van der Waals surface area contributed by atoms with Crippen LogP contribution in [0.4, 0.5) is 0 Å². The minimum absolute atomic E-state index is 0.0362. The van der Waals surface area contributed by atoms with Crippen molar-refractivity contribution in [2.24, 2.45) is 0 Å². The van der Waals surface area contributed by atoms with E-state index in [1.165, 1.54) is 0 Å². The highest BCUT2D eigenvalue weighted by Crippen LogP contribution is 2.47. The fourth-order valence-electron chi connectivity index (χ4n) is 3.87. The van der Waals surface area contributed by atoms with Crippen LogP contribution in [0.3, 0.4) is 0 Å². The van der Waals surface area contributed by atoms with E-state index in [4.69, 9.17) is 46.4 Å². The van der Waals surface area contributed by atoms with Gasteiger partial charge in [0.25, 0.3) is 0 Å². The summed E-state index contributed by atoms with van der Waals surface area (Å²) in [5, 5.41) is 2.01. The predicted octanol–water partition coefficient (Wildman–Crippen LogP) is 8.07. The van der Waals surface area contributed by atoms with Crippen LogP contribution < -0.4 is 0 Å². The molecule has 0 unspecified atom stereocenters. The maximum Gasteiger partial charge on any atom is 0.193 e. The van der Waals surface area contributed by atoms with Gasteiger partial charge in [-0.25, -0.2) is 0 Å². The molecule has 2 aliphatic carbocycles. The van der Waals surface area contributed by atoms with E-state index in [1.807, 2.05) is 0 Å². The highest BCUT2D eigenvalue weighted by atomic mass is 35.5. The molecule has 0 radical (unpaired) electrons. The van der Waals surface area contributed by atoms with Gasteiger partial charge in [-0.05, 0) is 72.9 Å². The summed E-state index contributed by atoms with van der Waals surface area (Å²) in [5.74, 6) is 0.566. The van der Waals surface area contributed by atoms with Crippen LogP contribution in [-0.2, 0) is 0 Å². The molecule has 5 heteroatoms. The van der Waals surface area contributed by atoms with E-state index in [2.05, 4.69) is 0 Å². The lowest BCUT2D eigenvalue weighted by atomic mass is 9.74. The Kier molecular flexibility index (Phi) is 5.27. The van der Waals surface area contributed by atoms with Crippen molar-refractivity contribution in [3.05, 3.63) is 66.6 Å². The van der Waals surface area contributed by atoms with Gasteiger partial charge in [-0.15, -0.1) is 0 Å². The van der Waals surface area contributed by atoms with Crippen LogP contribution in [0.2, 0.25) is 20.1 Å². The molecule has 0 amide bonds. The van der Waals surface area contributed by atoms with Crippen LogP contribution in [-0.4, -0.2) is 5.78 Å². The Morgan fingerprint density at radius 3 is 1.38 bits per heavy atom. The van der Waals surface area contributed by atoms with E-state index in [-0.39, 0.29) is 5.78 Å². The average molecular weight is 428 g/mol. The largest absolute Gasteiger partial charge is 0.289 e. The first-order valence-electron chi connectivity index (χ1n) is 8.99. The monoisotopic (exact) mass is 426 g/mol. The lowest BCUT2D eigenvalue weighted by Gasteiger charge is -2.31. The zero-order valence-electron chi connectivity index (χ0n) is 14.1. The SMILES string of the molecule is O=C(c1ccc(Cl)c(Cl)c1C1CCC1)c1ccc(Cl)c(Cl)c1C1CCC1. The van der Waals surface area contributed by atoms with Crippen molar-refractivity contribution < 1.29 is 4.79 Å². The van der Waals surface area contributed by atoms with Gasteiger partial charge in [0.1, 0.15) is 0 Å². The zero-order valence-corrected chi connectivity index (χ0v) is 17.2. The predicted molar refractivity (Wildman–Crippen MR) is 110 cm³/mol. The first kappa shape index (κ1) is 18.6. The van der Waals surface area contributed by atoms with Crippen LogP contribution in [0.25, 0.3) is 0 Å². The number of hydrogen-bond donors (Lipinski definition) is 0. The van der Waals surface area contributed by atoms with Crippen LogP contribution in [0.15, 0.2) is 24.3 Å². The Labute approximate surface area is 173 Å². The summed E-state index contributed by atoms with van der Waals surface area (Å²) in [5.41, 5.74) is 3.06. The highest BCUT2D eigenvalue weighted by Gasteiger charge is 2.32. The normalized spacial score (nSPS) is 17.7. The standard InChI is InChI=1S/C21H18Cl4O/c22-15-9-7-13(17(19(15)24)11-3-1-4-11)21(26)14-8-10-16(23)20(25)18(14)12-5-2-6-12/h7-12H,1-6H2. The molecule has 0 atom stereocenters. The number of rotatable bonds is 4. The fraction of sp³-hybridized carbons (Fsp3) is 0.381. The van der Waals surface area contributed by atoms with Gasteiger partial charge in [-0.2, -0.15) is 0 Å². The molecule has 2 saturated carbocycles. The molecule has 2 aliphatic rings. The topological polar surface area (TPSA) is 17.1 Å². The molecule has 2 fully saturated rings. The van der Waals surface area contributed by atoms with Gasteiger partial charge >= 0.3 is 0 Å². The first-order chi connectivity index (χ1) is 12.5. The Morgan fingerprint density at radius 1 is 0.692 bits per heavy atom. The van der Waals surface area contributed by atoms with E-state index in [1.54, 1.807) is 24.3 Å². The quantitative estimate of drug-likeness (QED) is 0.450. The van der Waals surface area contributed by atoms with Gasteiger partial charge in [0.05, 0.1) is 20.1 Å². The molecule has 0 aliphatic heterocycles. The zero-order chi connectivity index (χ0) is 18.4. The Morgan fingerprint density at radius 2 is 1.08 bits per heavy atom. The van der Waals surface area contributed by atoms with Crippen molar-refractivity contribution in [2.45, 2.75) is 50.4 Å². The van der Waals surface area contributed by atoms with Gasteiger partial charge < -0.3 is 0 Å². The van der Waals surface area contributed by atoms with E-state index in [0.29, 0.717) is 43.1 Å². The van der Waals surface area contributed by atoms with Gasteiger partial charge in [-0.3, -0.25) is 4.79 Å². The molecule has 0 heterocycles. The van der Waals surface area contributed by atoms with Crippen molar-refractivity contribution in [3.8, 4) is 0 Å². The summed E-state index contributed by atoms with van der Waals surface area (Å²) < 4.78 is 0. The van der Waals surface area contributed by atoms with Crippen LogP contribution in [0, 0.1) is 0 Å². The van der Waals surface area contributed by atoms with E-state index < -0.39 is 0 Å². The Balaban J connectivity index is 1.85. The molecule has 26 heavy (non-hydrogen) atoms. The molecular weight excluding hydrogens is 410 g/mol. The first-order valence-corrected chi connectivity index (χ1v) is 10.5. The lowest BCUT2D eigenvalue weighted by molar-refractivity contribution is 0.103. The second kappa shape index (κ2) is 7.36. The maximum absolute atomic E-state index is 13.5. The second-order valence-electron chi connectivity index (χ2n) is 7.23. The van der Waals surface area contributed by atoms with Crippen molar-refractivity contribution in [3.63, 3.8) is 0 Å². The third-order valence-corrected chi connectivity index (χ3v) is 7.42. The lowest BCUT2D eigenvalue weighted by Crippen LogP contribution is -2.19. The van der Waals surface area contributed by atoms with Crippen LogP contribution in [0.1, 0.15) is 77.4 Å². The number of carbonyl (C=O) groups is 1. The van der Waals surface area contributed by atoms with Gasteiger partial charge in [0.15, 0.2) is 5.78 Å². The van der Waals surface area contributed by atoms with E-state index in [9.17, 15) is 4.79 Å². The van der Waals surface area contributed by atoms with E-state index >= 15 is 0 Å². The van der Waals surface area contributed by atoms with E-state index in [0.717, 1.165) is 49.7 Å². The summed E-state index contributed by atoms with van der Waals surface area (Å²) in [7, 11) is 0. The molecule has 0 aromatic heterocycles. The van der Waals surface area contributed by atoms with Crippen molar-refractivity contribution in [2.75, 3.05) is 0 Å². The molecule has 0 bridgehead atoms. The Hall–Kier alpha value is -0.730. The summed E-state index contributed by atoms with van der Waals surface area (Å²) in [6, 6.07) is 7.02. The smallest absolute Gasteiger partial charge is 0.193 e. The van der Waals surface area contributed by atoms with Crippen molar-refractivity contribution in [1.29, 1.82) is 0 Å². The van der Waals surface area contributed by atoms with Gasteiger partial charge in [0, 0.05) is 11.1 Å². The molecule has 0 spiro atoms. The van der Waals surface area contributed by atoms with Gasteiger partial charge in [0.2, 0.25) is 0 Å². The summed E-state index contributed by atoms with van der Waals surface area (Å²) >= 11 is 25.5. The van der Waals surface area contributed by atoms with Crippen molar-refractivity contribution >= 4 is 52.2 Å². The van der Waals surface area contributed by atoms with Crippen LogP contribution in [0.5, 0.6) is 0 Å². The average Bonchev–Trinajstić information content (AvgIpc) is 2.52. The molecule has 0 saturated heterocycles. The van der Waals surface area contributed by atoms with Crippen LogP contribution >= 0.6 is 46.4 Å². The number of benzene rings is 2. The maximum atomic E-state index is 13.5. The molecule has 136 valence electrons. The number of carbonyl (C=O) groups excluding carboxylic acids is 1. The number of ketones is 1. The molecular formula is C21H18Cl4O. The third kappa shape index (κ3) is 3.07. The molecule has 2 aromatic carbocycles. The summed E-state index contributed by atoms with van der Waals surface area (Å²) in [6.07, 6.45) is 6.46.